The van der Waals surface area contributed by atoms with Gasteiger partial charge in [0, 0.05) is 15.1 Å². The van der Waals surface area contributed by atoms with Crippen LogP contribution in [0.3, 0.4) is 0 Å². The van der Waals surface area contributed by atoms with Crippen molar-refractivity contribution in [3.8, 4) is 5.75 Å². The van der Waals surface area contributed by atoms with Gasteiger partial charge in [0.1, 0.15) is 5.75 Å². The number of carbonyl (C=O) groups is 1. The first-order valence-electron chi connectivity index (χ1n) is 6.41. The fraction of sp³-hybridized carbons (Fsp3) is 0.188. The van der Waals surface area contributed by atoms with Gasteiger partial charge in [0.15, 0.2) is 0 Å². The number of thioether (sulfide) groups is 1. The van der Waals surface area contributed by atoms with Gasteiger partial charge in [-0.1, -0.05) is 22.0 Å². The van der Waals surface area contributed by atoms with Crippen LogP contribution in [0.1, 0.15) is 5.56 Å². The largest absolute Gasteiger partial charge is 0.497 e. The molecule has 0 saturated heterocycles. The maximum Gasteiger partial charge on any atom is 0.234 e. The summed E-state index contributed by atoms with van der Waals surface area (Å²) < 4.78 is 6.09. The van der Waals surface area contributed by atoms with E-state index in [1.165, 1.54) is 11.8 Å². The molecule has 0 aliphatic carbocycles. The molecule has 3 nitrogen and oxygen atoms in total. The van der Waals surface area contributed by atoms with Crippen molar-refractivity contribution in [2.45, 2.75) is 11.8 Å². The van der Waals surface area contributed by atoms with E-state index in [0.29, 0.717) is 5.75 Å². The maximum atomic E-state index is 11.9. The Bertz CT molecular complexity index is 629. The summed E-state index contributed by atoms with van der Waals surface area (Å²) in [5.74, 6) is 1.16. The van der Waals surface area contributed by atoms with Gasteiger partial charge in [-0.3, -0.25) is 4.79 Å². The smallest absolute Gasteiger partial charge is 0.234 e. The minimum Gasteiger partial charge on any atom is -0.497 e. The number of benzene rings is 2. The van der Waals surface area contributed by atoms with Crippen LogP contribution in [0.25, 0.3) is 0 Å². The summed E-state index contributed by atoms with van der Waals surface area (Å²) in [7, 11) is 1.63. The monoisotopic (exact) mass is 365 g/mol. The Morgan fingerprint density at radius 2 is 1.95 bits per heavy atom. The quantitative estimate of drug-likeness (QED) is 0.792. The highest BCUT2D eigenvalue weighted by molar-refractivity contribution is 9.10. The van der Waals surface area contributed by atoms with E-state index in [-0.39, 0.29) is 5.91 Å². The highest BCUT2D eigenvalue weighted by Gasteiger charge is 2.05. The Balaban J connectivity index is 1.87. The van der Waals surface area contributed by atoms with Crippen LogP contribution in [0.15, 0.2) is 51.8 Å². The second kappa shape index (κ2) is 7.52. The number of amides is 1. The van der Waals surface area contributed by atoms with Crippen molar-refractivity contribution < 1.29 is 9.53 Å². The third-order valence-corrected chi connectivity index (χ3v) is 4.75. The number of carbonyl (C=O) groups excluding carboxylic acids is 1. The van der Waals surface area contributed by atoms with Crippen LogP contribution in [0.5, 0.6) is 5.75 Å². The summed E-state index contributed by atoms with van der Waals surface area (Å²) in [4.78, 5) is 13.0. The van der Waals surface area contributed by atoms with E-state index in [1.807, 2.05) is 49.4 Å². The number of rotatable bonds is 5. The Morgan fingerprint density at radius 3 is 2.57 bits per heavy atom. The molecule has 2 aromatic carbocycles. The molecule has 0 fully saturated rings. The predicted molar refractivity (Wildman–Crippen MR) is 91.2 cm³/mol. The van der Waals surface area contributed by atoms with Gasteiger partial charge in [-0.15, -0.1) is 11.8 Å². The second-order valence-corrected chi connectivity index (χ2v) is 6.38. The number of anilines is 1. The van der Waals surface area contributed by atoms with Crippen molar-refractivity contribution in [3.63, 3.8) is 0 Å². The molecule has 1 N–H and O–H groups in total. The molecule has 1 amide bonds. The van der Waals surface area contributed by atoms with Crippen LogP contribution in [-0.2, 0) is 4.79 Å². The molecule has 2 aromatic rings. The molecule has 0 bridgehead atoms. The van der Waals surface area contributed by atoms with E-state index in [4.69, 9.17) is 4.74 Å². The van der Waals surface area contributed by atoms with Crippen molar-refractivity contribution in [3.05, 3.63) is 52.5 Å². The van der Waals surface area contributed by atoms with E-state index in [0.717, 1.165) is 26.4 Å². The predicted octanol–water partition coefficient (Wildman–Crippen LogP) is 4.50. The molecule has 110 valence electrons. The zero-order valence-electron chi connectivity index (χ0n) is 11.9. The highest BCUT2D eigenvalue weighted by atomic mass is 79.9. The lowest BCUT2D eigenvalue weighted by Crippen LogP contribution is -2.13. The van der Waals surface area contributed by atoms with Gasteiger partial charge in [0.25, 0.3) is 0 Å². The number of halogens is 1. The SMILES string of the molecule is COc1ccc(SCC(=O)Nc2ccc(C)c(Br)c2)cc1. The third-order valence-electron chi connectivity index (χ3n) is 2.88. The van der Waals surface area contributed by atoms with Gasteiger partial charge >= 0.3 is 0 Å². The molecule has 0 spiro atoms. The lowest BCUT2D eigenvalue weighted by molar-refractivity contribution is -0.113. The van der Waals surface area contributed by atoms with E-state index in [1.54, 1.807) is 7.11 Å². The van der Waals surface area contributed by atoms with Crippen molar-refractivity contribution in [2.24, 2.45) is 0 Å². The van der Waals surface area contributed by atoms with Gasteiger partial charge in [-0.25, -0.2) is 0 Å². The van der Waals surface area contributed by atoms with Gasteiger partial charge < -0.3 is 10.1 Å². The van der Waals surface area contributed by atoms with Crippen molar-refractivity contribution >= 4 is 39.3 Å². The molecule has 2 rings (SSSR count). The van der Waals surface area contributed by atoms with Crippen LogP contribution in [0, 0.1) is 6.92 Å². The second-order valence-electron chi connectivity index (χ2n) is 4.48. The standard InChI is InChI=1S/C16H16BrNO2S/c1-11-3-4-12(9-15(11)17)18-16(19)10-21-14-7-5-13(20-2)6-8-14/h3-9H,10H2,1-2H3,(H,18,19). The Kier molecular flexibility index (Phi) is 5.70. The van der Waals surface area contributed by atoms with Crippen LogP contribution in [0.2, 0.25) is 0 Å². The number of hydrogen-bond donors (Lipinski definition) is 1. The summed E-state index contributed by atoms with van der Waals surface area (Å²) in [6.07, 6.45) is 0. The van der Waals surface area contributed by atoms with E-state index < -0.39 is 0 Å². The lowest BCUT2D eigenvalue weighted by atomic mass is 10.2. The molecule has 0 aliphatic rings. The first-order valence-corrected chi connectivity index (χ1v) is 8.19. The van der Waals surface area contributed by atoms with Crippen LogP contribution in [0.4, 0.5) is 5.69 Å². The topological polar surface area (TPSA) is 38.3 Å². The molecule has 0 aromatic heterocycles. The summed E-state index contributed by atoms with van der Waals surface area (Å²) in [5, 5.41) is 2.89. The van der Waals surface area contributed by atoms with Crippen LogP contribution >= 0.6 is 27.7 Å². The first kappa shape index (κ1) is 15.9. The summed E-state index contributed by atoms with van der Waals surface area (Å²) in [6, 6.07) is 13.4. The highest BCUT2D eigenvalue weighted by Crippen LogP contribution is 2.23. The van der Waals surface area contributed by atoms with Gasteiger partial charge in [-0.2, -0.15) is 0 Å². The Labute approximate surface area is 137 Å². The number of nitrogens with one attached hydrogen (secondary N) is 1. The van der Waals surface area contributed by atoms with Crippen LogP contribution < -0.4 is 10.1 Å². The average Bonchev–Trinajstić information content (AvgIpc) is 2.49. The van der Waals surface area contributed by atoms with E-state index in [2.05, 4.69) is 21.2 Å². The minimum atomic E-state index is -0.0217. The number of ether oxygens (including phenoxy) is 1. The Hall–Kier alpha value is -1.46. The molecule has 0 unspecified atom stereocenters. The normalized spacial score (nSPS) is 10.2. The molecular formula is C16H16BrNO2S. The molecule has 0 heterocycles. The summed E-state index contributed by atoms with van der Waals surface area (Å²) >= 11 is 4.95. The Morgan fingerprint density at radius 1 is 1.24 bits per heavy atom. The lowest BCUT2D eigenvalue weighted by Gasteiger charge is -2.07. The fourth-order valence-electron chi connectivity index (χ4n) is 1.69. The first-order chi connectivity index (χ1) is 10.1. The summed E-state index contributed by atoms with van der Waals surface area (Å²) in [5.41, 5.74) is 1.94. The maximum absolute atomic E-state index is 11.9. The zero-order chi connectivity index (χ0) is 15.2. The van der Waals surface area contributed by atoms with E-state index in [9.17, 15) is 4.79 Å². The molecule has 0 saturated carbocycles. The van der Waals surface area contributed by atoms with Crippen molar-refractivity contribution in [1.82, 2.24) is 0 Å². The number of aryl methyl sites for hydroxylation is 1. The molecule has 0 radical (unpaired) electrons. The molecule has 5 heteroatoms. The minimum absolute atomic E-state index is 0.0217. The van der Waals surface area contributed by atoms with Crippen molar-refractivity contribution in [2.75, 3.05) is 18.2 Å². The van der Waals surface area contributed by atoms with Crippen LogP contribution in [-0.4, -0.2) is 18.8 Å². The molecule has 0 atom stereocenters. The van der Waals surface area contributed by atoms with Crippen molar-refractivity contribution in [1.29, 1.82) is 0 Å². The fourth-order valence-corrected chi connectivity index (χ4v) is 2.77. The summed E-state index contributed by atoms with van der Waals surface area (Å²) in [6.45, 7) is 2.01. The molecule has 21 heavy (non-hydrogen) atoms. The van der Waals surface area contributed by atoms with Gasteiger partial charge in [0.05, 0.1) is 12.9 Å². The zero-order valence-corrected chi connectivity index (χ0v) is 14.3. The van der Waals surface area contributed by atoms with Gasteiger partial charge in [0.2, 0.25) is 5.91 Å². The number of hydrogen-bond acceptors (Lipinski definition) is 3. The molecular weight excluding hydrogens is 350 g/mol. The van der Waals surface area contributed by atoms with E-state index >= 15 is 0 Å². The third kappa shape index (κ3) is 4.79. The van der Waals surface area contributed by atoms with Gasteiger partial charge in [-0.05, 0) is 48.9 Å². The average molecular weight is 366 g/mol. The molecule has 0 aliphatic heterocycles. The number of methoxy groups -OCH3 is 1.